The molecule has 1 N–H and O–H groups in total. The van der Waals surface area contributed by atoms with Crippen LogP contribution < -0.4 is 0 Å². The Morgan fingerprint density at radius 1 is 1.00 bits per heavy atom. The third-order valence-electron chi connectivity index (χ3n) is 4.80. The standard InChI is InChI=1S/C19H17Cl2NO3/c20-14-6-7-15(16(21)12-14)17(23)22-10-8-19(9-11-22,18(24)25)13-4-2-1-3-5-13/h1-7,12H,8-11H2,(H,24,25). The molecule has 1 amide bonds. The second-order valence-electron chi connectivity index (χ2n) is 6.17. The van der Waals surface area contributed by atoms with Gasteiger partial charge in [-0.1, -0.05) is 53.5 Å². The van der Waals surface area contributed by atoms with Gasteiger partial charge in [0.25, 0.3) is 5.91 Å². The zero-order valence-corrected chi connectivity index (χ0v) is 14.9. The Labute approximate surface area is 156 Å². The van der Waals surface area contributed by atoms with Crippen molar-refractivity contribution in [3.05, 3.63) is 69.7 Å². The first-order valence-electron chi connectivity index (χ1n) is 7.97. The van der Waals surface area contributed by atoms with E-state index in [0.717, 1.165) is 5.56 Å². The molecular formula is C19H17Cl2NO3. The van der Waals surface area contributed by atoms with Gasteiger partial charge in [-0.3, -0.25) is 9.59 Å². The molecule has 0 aliphatic carbocycles. The summed E-state index contributed by atoms with van der Waals surface area (Å²) in [6.45, 7) is 0.720. The van der Waals surface area contributed by atoms with E-state index in [1.54, 1.807) is 17.0 Å². The molecule has 1 heterocycles. The van der Waals surface area contributed by atoms with Crippen LogP contribution in [0, 0.1) is 0 Å². The number of carbonyl (C=O) groups is 2. The molecule has 1 saturated heterocycles. The van der Waals surface area contributed by atoms with E-state index < -0.39 is 11.4 Å². The first-order chi connectivity index (χ1) is 11.9. The summed E-state index contributed by atoms with van der Waals surface area (Å²) in [5, 5.41) is 10.6. The minimum atomic E-state index is -0.957. The third kappa shape index (κ3) is 3.37. The zero-order chi connectivity index (χ0) is 18.0. The molecule has 1 fully saturated rings. The van der Waals surface area contributed by atoms with E-state index in [1.807, 2.05) is 30.3 Å². The molecule has 0 aromatic heterocycles. The number of nitrogens with zero attached hydrogens (tertiary/aromatic N) is 1. The van der Waals surface area contributed by atoms with Gasteiger partial charge in [-0.05, 0) is 36.6 Å². The predicted octanol–water partition coefficient (Wildman–Crippen LogP) is 4.25. The van der Waals surface area contributed by atoms with Gasteiger partial charge in [-0.2, -0.15) is 0 Å². The van der Waals surface area contributed by atoms with Crippen molar-refractivity contribution in [1.29, 1.82) is 0 Å². The zero-order valence-electron chi connectivity index (χ0n) is 13.4. The number of carboxylic acids is 1. The van der Waals surface area contributed by atoms with Gasteiger partial charge in [0.05, 0.1) is 16.0 Å². The SMILES string of the molecule is O=C(c1ccc(Cl)cc1Cl)N1CCC(C(=O)O)(c2ccccc2)CC1. The summed E-state index contributed by atoms with van der Waals surface area (Å²) in [6.07, 6.45) is 0.729. The number of piperidine rings is 1. The minimum absolute atomic E-state index is 0.200. The highest BCUT2D eigenvalue weighted by atomic mass is 35.5. The van der Waals surface area contributed by atoms with Crippen LogP contribution in [0.4, 0.5) is 0 Å². The largest absolute Gasteiger partial charge is 0.481 e. The smallest absolute Gasteiger partial charge is 0.314 e. The summed E-state index contributed by atoms with van der Waals surface area (Å²) in [5.41, 5.74) is 0.203. The number of carboxylic acid groups (broad SMARTS) is 1. The van der Waals surface area contributed by atoms with Crippen LogP contribution in [-0.2, 0) is 10.2 Å². The molecule has 0 bridgehead atoms. The van der Waals surface area contributed by atoms with E-state index >= 15 is 0 Å². The third-order valence-corrected chi connectivity index (χ3v) is 5.35. The molecule has 1 aliphatic heterocycles. The van der Waals surface area contributed by atoms with E-state index in [0.29, 0.717) is 41.5 Å². The molecule has 25 heavy (non-hydrogen) atoms. The quantitative estimate of drug-likeness (QED) is 0.869. The summed E-state index contributed by atoms with van der Waals surface area (Å²) in [6, 6.07) is 14.0. The number of rotatable bonds is 3. The van der Waals surface area contributed by atoms with Gasteiger partial charge < -0.3 is 10.0 Å². The molecular weight excluding hydrogens is 361 g/mol. The van der Waals surface area contributed by atoms with Gasteiger partial charge in [-0.25, -0.2) is 0 Å². The van der Waals surface area contributed by atoms with Gasteiger partial charge in [0.2, 0.25) is 0 Å². The van der Waals surface area contributed by atoms with Crippen LogP contribution in [0.2, 0.25) is 10.0 Å². The number of halogens is 2. The fourth-order valence-electron chi connectivity index (χ4n) is 3.31. The molecule has 6 heteroatoms. The maximum atomic E-state index is 12.7. The molecule has 2 aromatic carbocycles. The lowest BCUT2D eigenvalue weighted by Crippen LogP contribution is -2.49. The Hall–Kier alpha value is -2.04. The highest BCUT2D eigenvalue weighted by Gasteiger charge is 2.44. The van der Waals surface area contributed by atoms with Crippen LogP contribution in [0.5, 0.6) is 0 Å². The molecule has 0 radical (unpaired) electrons. The topological polar surface area (TPSA) is 57.6 Å². The van der Waals surface area contributed by atoms with Crippen LogP contribution in [-0.4, -0.2) is 35.0 Å². The molecule has 0 saturated carbocycles. The Bertz CT molecular complexity index is 800. The normalized spacial score (nSPS) is 16.5. The van der Waals surface area contributed by atoms with Gasteiger partial charge in [0.15, 0.2) is 0 Å². The molecule has 2 aromatic rings. The Morgan fingerprint density at radius 2 is 1.64 bits per heavy atom. The van der Waals surface area contributed by atoms with Crippen LogP contribution in [0.15, 0.2) is 48.5 Å². The molecule has 4 nitrogen and oxygen atoms in total. The summed E-state index contributed by atoms with van der Waals surface area (Å²) in [5.74, 6) is -1.05. The lowest BCUT2D eigenvalue weighted by atomic mass is 9.73. The van der Waals surface area contributed by atoms with Gasteiger partial charge in [0.1, 0.15) is 0 Å². The summed E-state index contributed by atoms with van der Waals surface area (Å²) < 4.78 is 0. The highest BCUT2D eigenvalue weighted by molar-refractivity contribution is 6.36. The van der Waals surface area contributed by atoms with Crippen LogP contribution in [0.1, 0.15) is 28.8 Å². The fraction of sp³-hybridized carbons (Fsp3) is 0.263. The van der Waals surface area contributed by atoms with Gasteiger partial charge >= 0.3 is 5.97 Å². The second kappa shape index (κ2) is 7.06. The number of carbonyl (C=O) groups excluding carboxylic acids is 1. The average Bonchev–Trinajstić information content (AvgIpc) is 2.62. The number of hydrogen-bond donors (Lipinski definition) is 1. The van der Waals surface area contributed by atoms with E-state index in [2.05, 4.69) is 0 Å². The highest BCUT2D eigenvalue weighted by Crippen LogP contribution is 2.36. The fourth-order valence-corrected chi connectivity index (χ4v) is 3.80. The maximum Gasteiger partial charge on any atom is 0.314 e. The van der Waals surface area contributed by atoms with Crippen molar-refractivity contribution < 1.29 is 14.7 Å². The lowest BCUT2D eigenvalue weighted by molar-refractivity contribution is -0.145. The first kappa shape index (κ1) is 17.8. The van der Waals surface area contributed by atoms with Crippen LogP contribution >= 0.6 is 23.2 Å². The van der Waals surface area contributed by atoms with E-state index in [4.69, 9.17) is 23.2 Å². The van der Waals surface area contributed by atoms with Crippen molar-refractivity contribution >= 4 is 35.1 Å². The lowest BCUT2D eigenvalue weighted by Gasteiger charge is -2.39. The number of benzene rings is 2. The van der Waals surface area contributed by atoms with Crippen LogP contribution in [0.25, 0.3) is 0 Å². The van der Waals surface area contributed by atoms with Gasteiger partial charge in [-0.15, -0.1) is 0 Å². The van der Waals surface area contributed by atoms with Crippen molar-refractivity contribution in [2.75, 3.05) is 13.1 Å². The Balaban J connectivity index is 1.80. The Kier molecular flexibility index (Phi) is 5.02. The molecule has 0 spiro atoms. The molecule has 0 atom stereocenters. The van der Waals surface area contributed by atoms with E-state index in [9.17, 15) is 14.7 Å². The predicted molar refractivity (Wildman–Crippen MR) is 97.4 cm³/mol. The first-order valence-corrected chi connectivity index (χ1v) is 8.73. The van der Waals surface area contributed by atoms with Crippen molar-refractivity contribution in [2.24, 2.45) is 0 Å². The van der Waals surface area contributed by atoms with Crippen molar-refractivity contribution in [3.8, 4) is 0 Å². The number of hydrogen-bond acceptors (Lipinski definition) is 2. The molecule has 130 valence electrons. The number of aliphatic carboxylic acids is 1. The van der Waals surface area contributed by atoms with Crippen LogP contribution in [0.3, 0.4) is 0 Å². The van der Waals surface area contributed by atoms with Crippen molar-refractivity contribution in [3.63, 3.8) is 0 Å². The van der Waals surface area contributed by atoms with E-state index in [1.165, 1.54) is 6.07 Å². The van der Waals surface area contributed by atoms with Crippen molar-refractivity contribution in [1.82, 2.24) is 4.90 Å². The molecule has 3 rings (SSSR count). The van der Waals surface area contributed by atoms with Crippen molar-refractivity contribution in [2.45, 2.75) is 18.3 Å². The minimum Gasteiger partial charge on any atom is -0.481 e. The molecule has 1 aliphatic rings. The molecule has 0 unspecified atom stereocenters. The monoisotopic (exact) mass is 377 g/mol. The van der Waals surface area contributed by atoms with E-state index in [-0.39, 0.29) is 5.91 Å². The number of amides is 1. The summed E-state index contributed by atoms with van der Waals surface area (Å²) >= 11 is 12.0. The summed E-state index contributed by atoms with van der Waals surface area (Å²) in [7, 11) is 0. The maximum absolute atomic E-state index is 12.7. The Morgan fingerprint density at radius 3 is 2.20 bits per heavy atom. The number of likely N-dealkylation sites (tertiary alicyclic amines) is 1. The second-order valence-corrected chi connectivity index (χ2v) is 7.01. The van der Waals surface area contributed by atoms with Gasteiger partial charge in [0, 0.05) is 18.1 Å². The summed E-state index contributed by atoms with van der Waals surface area (Å²) in [4.78, 5) is 26.3. The average molecular weight is 378 g/mol.